The molecule has 1 heterocycles. The summed E-state index contributed by atoms with van der Waals surface area (Å²) in [6.45, 7) is 0.242. The van der Waals surface area contributed by atoms with Crippen LogP contribution in [-0.2, 0) is 14.8 Å². The van der Waals surface area contributed by atoms with E-state index in [1.807, 2.05) is 42.5 Å². The molecular formula is C25H27NO6S. The number of rotatable bonds is 8. The van der Waals surface area contributed by atoms with Crippen LogP contribution in [0.3, 0.4) is 0 Å². The highest BCUT2D eigenvalue weighted by atomic mass is 32.2. The number of benzene rings is 3. The SMILES string of the molecule is O=C(O)C(CCOc1ccccc1)C1(O)CCN(S(=O)(=O)c2ccc3ccccc3c2)CC1. The summed E-state index contributed by atoms with van der Waals surface area (Å²) in [5, 5.41) is 22.7. The lowest BCUT2D eigenvalue weighted by molar-refractivity contribution is -0.156. The van der Waals surface area contributed by atoms with Crippen molar-refractivity contribution in [1.82, 2.24) is 4.31 Å². The predicted octanol–water partition coefficient (Wildman–Crippen LogP) is 3.53. The molecule has 1 fully saturated rings. The predicted molar refractivity (Wildman–Crippen MR) is 125 cm³/mol. The first-order valence-electron chi connectivity index (χ1n) is 10.9. The number of nitrogens with zero attached hydrogens (tertiary/aromatic N) is 1. The van der Waals surface area contributed by atoms with Crippen molar-refractivity contribution in [2.24, 2.45) is 5.92 Å². The highest BCUT2D eigenvalue weighted by molar-refractivity contribution is 7.89. The Morgan fingerprint density at radius 3 is 2.27 bits per heavy atom. The Labute approximate surface area is 193 Å². The van der Waals surface area contributed by atoms with E-state index < -0.39 is 27.5 Å². The lowest BCUT2D eigenvalue weighted by Crippen LogP contribution is -2.52. The Morgan fingerprint density at radius 2 is 1.61 bits per heavy atom. The molecule has 1 aliphatic heterocycles. The van der Waals surface area contributed by atoms with Gasteiger partial charge in [0, 0.05) is 13.1 Å². The molecule has 7 nitrogen and oxygen atoms in total. The Morgan fingerprint density at radius 1 is 0.970 bits per heavy atom. The summed E-state index contributed by atoms with van der Waals surface area (Å²) >= 11 is 0. The van der Waals surface area contributed by atoms with Crippen LogP contribution in [0.5, 0.6) is 5.75 Å². The average Bonchev–Trinajstić information content (AvgIpc) is 2.82. The van der Waals surface area contributed by atoms with E-state index >= 15 is 0 Å². The summed E-state index contributed by atoms with van der Waals surface area (Å²) < 4.78 is 33.3. The van der Waals surface area contributed by atoms with Gasteiger partial charge in [0.1, 0.15) is 5.75 Å². The molecule has 3 aromatic rings. The minimum Gasteiger partial charge on any atom is -0.494 e. The van der Waals surface area contributed by atoms with Gasteiger partial charge < -0.3 is 14.9 Å². The number of carboxylic acid groups (broad SMARTS) is 1. The Bertz CT molecular complexity index is 1220. The summed E-state index contributed by atoms with van der Waals surface area (Å²) in [6, 6.07) is 21.6. The summed E-state index contributed by atoms with van der Waals surface area (Å²) in [7, 11) is -3.75. The number of para-hydroxylation sites is 1. The van der Waals surface area contributed by atoms with E-state index in [0.717, 1.165) is 10.8 Å². The highest BCUT2D eigenvalue weighted by Gasteiger charge is 2.45. The molecule has 0 aromatic heterocycles. The van der Waals surface area contributed by atoms with E-state index in [-0.39, 0.29) is 43.9 Å². The van der Waals surface area contributed by atoms with Crippen molar-refractivity contribution < 1.29 is 28.2 Å². The van der Waals surface area contributed by atoms with Crippen molar-refractivity contribution in [3.05, 3.63) is 72.8 Å². The molecule has 2 N–H and O–H groups in total. The molecule has 4 rings (SSSR count). The molecular weight excluding hydrogens is 442 g/mol. The number of piperidine rings is 1. The van der Waals surface area contributed by atoms with E-state index in [1.54, 1.807) is 30.3 Å². The van der Waals surface area contributed by atoms with Crippen molar-refractivity contribution in [2.75, 3.05) is 19.7 Å². The quantitative estimate of drug-likeness (QED) is 0.523. The fourth-order valence-corrected chi connectivity index (χ4v) is 5.85. The molecule has 0 spiro atoms. The van der Waals surface area contributed by atoms with Gasteiger partial charge in [-0.3, -0.25) is 4.79 Å². The van der Waals surface area contributed by atoms with Gasteiger partial charge in [-0.2, -0.15) is 4.31 Å². The van der Waals surface area contributed by atoms with Gasteiger partial charge in [-0.1, -0.05) is 48.5 Å². The Hall–Kier alpha value is -2.94. The molecule has 1 aliphatic rings. The maximum atomic E-state index is 13.2. The van der Waals surface area contributed by atoms with Crippen LogP contribution in [0.15, 0.2) is 77.7 Å². The van der Waals surface area contributed by atoms with Crippen LogP contribution < -0.4 is 4.74 Å². The molecule has 1 atom stereocenters. The molecule has 3 aromatic carbocycles. The number of carbonyl (C=O) groups is 1. The number of aliphatic carboxylic acids is 1. The summed E-state index contributed by atoms with van der Waals surface area (Å²) in [4.78, 5) is 12.1. The number of carboxylic acids is 1. The van der Waals surface area contributed by atoms with Crippen molar-refractivity contribution in [3.8, 4) is 5.75 Å². The molecule has 0 aliphatic carbocycles. The second-order valence-electron chi connectivity index (χ2n) is 8.36. The molecule has 8 heteroatoms. The molecule has 174 valence electrons. The van der Waals surface area contributed by atoms with Gasteiger partial charge in [0.2, 0.25) is 10.0 Å². The first-order valence-corrected chi connectivity index (χ1v) is 12.4. The maximum absolute atomic E-state index is 13.2. The third kappa shape index (κ3) is 5.03. The van der Waals surface area contributed by atoms with E-state index in [1.165, 1.54) is 4.31 Å². The van der Waals surface area contributed by atoms with Crippen LogP contribution in [0, 0.1) is 5.92 Å². The Kier molecular flexibility index (Phi) is 6.69. The van der Waals surface area contributed by atoms with Crippen LogP contribution in [0.25, 0.3) is 10.8 Å². The third-order valence-electron chi connectivity index (χ3n) is 6.31. The first kappa shape index (κ1) is 23.2. The Balaban J connectivity index is 1.43. The molecule has 0 saturated carbocycles. The van der Waals surface area contributed by atoms with Crippen LogP contribution in [0.2, 0.25) is 0 Å². The largest absolute Gasteiger partial charge is 0.494 e. The lowest BCUT2D eigenvalue weighted by atomic mass is 9.78. The third-order valence-corrected chi connectivity index (χ3v) is 8.21. The standard InChI is InChI=1S/C25H27NO6S/c27-24(28)23(12-17-32-21-8-2-1-3-9-21)25(29)13-15-26(16-14-25)33(30,31)22-11-10-19-6-4-5-7-20(19)18-22/h1-11,18,23,29H,12-17H2,(H,27,28). The zero-order chi connectivity index (χ0) is 23.5. The molecule has 1 saturated heterocycles. The van der Waals surface area contributed by atoms with Gasteiger partial charge >= 0.3 is 5.97 Å². The number of hydrogen-bond acceptors (Lipinski definition) is 5. The number of aliphatic hydroxyl groups is 1. The van der Waals surface area contributed by atoms with Crippen molar-refractivity contribution in [1.29, 1.82) is 0 Å². The van der Waals surface area contributed by atoms with Crippen molar-refractivity contribution >= 4 is 26.8 Å². The second kappa shape index (κ2) is 9.51. The van der Waals surface area contributed by atoms with Gasteiger partial charge in [0.15, 0.2) is 0 Å². The second-order valence-corrected chi connectivity index (χ2v) is 10.3. The molecule has 0 amide bonds. The van der Waals surface area contributed by atoms with Crippen LogP contribution in [0.4, 0.5) is 0 Å². The van der Waals surface area contributed by atoms with Gasteiger partial charge in [-0.15, -0.1) is 0 Å². The maximum Gasteiger partial charge on any atom is 0.309 e. The zero-order valence-corrected chi connectivity index (χ0v) is 18.9. The fraction of sp³-hybridized carbons (Fsp3) is 0.320. The highest BCUT2D eigenvalue weighted by Crippen LogP contribution is 2.35. The molecule has 0 bridgehead atoms. The van der Waals surface area contributed by atoms with E-state index in [2.05, 4.69) is 0 Å². The number of sulfonamides is 1. The van der Waals surface area contributed by atoms with Crippen molar-refractivity contribution in [2.45, 2.75) is 29.8 Å². The topological polar surface area (TPSA) is 104 Å². The number of ether oxygens (including phenoxy) is 1. The van der Waals surface area contributed by atoms with Crippen LogP contribution in [-0.4, -0.2) is 54.2 Å². The van der Waals surface area contributed by atoms with E-state index in [4.69, 9.17) is 4.74 Å². The van der Waals surface area contributed by atoms with Gasteiger partial charge in [0.05, 0.1) is 23.0 Å². The lowest BCUT2D eigenvalue weighted by Gasteiger charge is -2.40. The monoisotopic (exact) mass is 469 g/mol. The minimum atomic E-state index is -3.75. The minimum absolute atomic E-state index is 0.0438. The zero-order valence-electron chi connectivity index (χ0n) is 18.1. The van der Waals surface area contributed by atoms with E-state index in [0.29, 0.717) is 5.75 Å². The summed E-state index contributed by atoms with van der Waals surface area (Å²) in [5.74, 6) is -1.53. The summed E-state index contributed by atoms with van der Waals surface area (Å²) in [6.07, 6.45) is 0.211. The normalized spacial score (nSPS) is 17.5. The first-order chi connectivity index (χ1) is 15.8. The fourth-order valence-electron chi connectivity index (χ4n) is 4.37. The number of fused-ring (bicyclic) bond motifs is 1. The number of hydrogen-bond donors (Lipinski definition) is 2. The van der Waals surface area contributed by atoms with E-state index in [9.17, 15) is 23.4 Å². The van der Waals surface area contributed by atoms with Gasteiger partial charge in [0.25, 0.3) is 0 Å². The smallest absolute Gasteiger partial charge is 0.309 e. The average molecular weight is 470 g/mol. The molecule has 0 radical (unpaired) electrons. The molecule has 33 heavy (non-hydrogen) atoms. The van der Waals surface area contributed by atoms with Gasteiger partial charge in [-0.05, 0) is 54.3 Å². The van der Waals surface area contributed by atoms with Crippen molar-refractivity contribution in [3.63, 3.8) is 0 Å². The summed E-state index contributed by atoms with van der Waals surface area (Å²) in [5.41, 5.74) is -1.50. The van der Waals surface area contributed by atoms with Crippen LogP contribution in [0.1, 0.15) is 19.3 Å². The van der Waals surface area contributed by atoms with Gasteiger partial charge in [-0.25, -0.2) is 8.42 Å². The molecule has 1 unspecified atom stereocenters. The van der Waals surface area contributed by atoms with Crippen LogP contribution >= 0.6 is 0 Å².